The highest BCUT2D eigenvalue weighted by Crippen LogP contribution is 2.30. The number of fused-ring (bicyclic) bond motifs is 1. The number of allylic oxidation sites excluding steroid dienone is 1. The van der Waals surface area contributed by atoms with Gasteiger partial charge in [0.1, 0.15) is 5.60 Å². The monoisotopic (exact) mass is 395 g/mol. The van der Waals surface area contributed by atoms with E-state index in [0.717, 1.165) is 30.3 Å². The molecule has 29 heavy (non-hydrogen) atoms. The lowest BCUT2D eigenvalue weighted by Crippen LogP contribution is -2.40. The molecule has 1 aromatic heterocycles. The fraction of sp³-hybridized carbons (Fsp3) is 0.455. The SMILES string of the molecule is CC(C)(C)OC(=O)NCCC1CC(N/C=C(\C=N)c2cnc3ccccc3n2)C1. The van der Waals surface area contributed by atoms with Crippen molar-refractivity contribution in [2.24, 2.45) is 5.92 Å². The van der Waals surface area contributed by atoms with Gasteiger partial charge in [-0.3, -0.25) is 4.98 Å². The van der Waals surface area contributed by atoms with Crippen LogP contribution in [0.15, 0.2) is 36.7 Å². The molecule has 3 N–H and O–H groups in total. The molecule has 1 aliphatic rings. The molecule has 154 valence electrons. The number of benzene rings is 1. The van der Waals surface area contributed by atoms with E-state index in [9.17, 15) is 4.79 Å². The second-order valence-electron chi connectivity index (χ2n) is 8.41. The minimum Gasteiger partial charge on any atom is -0.444 e. The minimum absolute atomic E-state index is 0.360. The number of ether oxygens (including phenoxy) is 1. The van der Waals surface area contributed by atoms with Crippen LogP contribution in [0.3, 0.4) is 0 Å². The average molecular weight is 396 g/mol. The van der Waals surface area contributed by atoms with Crippen LogP contribution in [0, 0.1) is 11.3 Å². The van der Waals surface area contributed by atoms with Gasteiger partial charge < -0.3 is 20.8 Å². The molecule has 0 unspecified atom stereocenters. The van der Waals surface area contributed by atoms with Crippen LogP contribution in [0.5, 0.6) is 0 Å². The Morgan fingerprint density at radius 2 is 2.00 bits per heavy atom. The van der Waals surface area contributed by atoms with Gasteiger partial charge in [-0.25, -0.2) is 9.78 Å². The van der Waals surface area contributed by atoms with Crippen LogP contribution in [0.1, 0.15) is 45.7 Å². The molecule has 0 atom stereocenters. The van der Waals surface area contributed by atoms with Crippen LogP contribution in [0.2, 0.25) is 0 Å². The number of para-hydroxylation sites is 2. The summed E-state index contributed by atoms with van der Waals surface area (Å²) in [5.74, 6) is 0.583. The molecule has 1 amide bonds. The molecule has 1 aliphatic carbocycles. The number of aromatic nitrogens is 2. The van der Waals surface area contributed by atoms with Crippen LogP contribution < -0.4 is 10.6 Å². The Kier molecular flexibility index (Phi) is 6.46. The first-order valence-corrected chi connectivity index (χ1v) is 10.00. The Labute approximate surface area is 171 Å². The largest absolute Gasteiger partial charge is 0.444 e. The standard InChI is InChI=1S/C22H29N5O2/c1-22(2,3)29-21(28)24-9-8-15-10-17(11-15)25-13-16(12-23)20-14-26-18-6-4-5-7-19(18)27-20/h4-7,12-15,17,23,25H,8-11H2,1-3H3,(H,24,28)/b16-13+,23-12?. The average Bonchev–Trinajstić information content (AvgIpc) is 2.64. The summed E-state index contributed by atoms with van der Waals surface area (Å²) >= 11 is 0. The maximum absolute atomic E-state index is 11.7. The number of hydrogen-bond donors (Lipinski definition) is 3. The van der Waals surface area contributed by atoms with Crippen molar-refractivity contribution >= 4 is 28.9 Å². The zero-order chi connectivity index (χ0) is 20.9. The van der Waals surface area contributed by atoms with E-state index in [-0.39, 0.29) is 6.09 Å². The summed E-state index contributed by atoms with van der Waals surface area (Å²) in [6.45, 7) is 6.19. The van der Waals surface area contributed by atoms with Gasteiger partial charge in [-0.1, -0.05) is 12.1 Å². The second-order valence-corrected chi connectivity index (χ2v) is 8.41. The maximum atomic E-state index is 11.7. The Morgan fingerprint density at radius 1 is 1.28 bits per heavy atom. The van der Waals surface area contributed by atoms with E-state index in [4.69, 9.17) is 10.1 Å². The molecular formula is C22H29N5O2. The summed E-state index contributed by atoms with van der Waals surface area (Å²) < 4.78 is 5.24. The molecule has 1 saturated carbocycles. The van der Waals surface area contributed by atoms with Gasteiger partial charge in [0.2, 0.25) is 0 Å². The van der Waals surface area contributed by atoms with E-state index in [1.165, 1.54) is 6.21 Å². The van der Waals surface area contributed by atoms with E-state index in [1.54, 1.807) is 6.20 Å². The highest BCUT2D eigenvalue weighted by atomic mass is 16.6. The maximum Gasteiger partial charge on any atom is 0.407 e. The van der Waals surface area contributed by atoms with Crippen LogP contribution in [0.4, 0.5) is 4.79 Å². The lowest BCUT2D eigenvalue weighted by Gasteiger charge is -2.35. The number of carbonyl (C=O) groups is 1. The smallest absolute Gasteiger partial charge is 0.407 e. The molecule has 0 aliphatic heterocycles. The number of nitrogens with zero attached hydrogens (tertiary/aromatic N) is 2. The number of carbonyl (C=O) groups excluding carboxylic acids is 1. The quantitative estimate of drug-likeness (QED) is 0.617. The number of rotatable bonds is 7. The summed E-state index contributed by atoms with van der Waals surface area (Å²) in [6.07, 6.45) is 7.52. The predicted octanol–water partition coefficient (Wildman–Crippen LogP) is 3.90. The molecule has 3 rings (SSSR count). The third-order valence-corrected chi connectivity index (χ3v) is 4.83. The molecule has 0 saturated heterocycles. The first-order valence-electron chi connectivity index (χ1n) is 10.00. The van der Waals surface area contributed by atoms with Crippen LogP contribution in [-0.2, 0) is 4.74 Å². The highest BCUT2D eigenvalue weighted by molar-refractivity contribution is 6.07. The molecule has 0 radical (unpaired) electrons. The van der Waals surface area contributed by atoms with E-state index in [1.807, 2.05) is 51.2 Å². The highest BCUT2D eigenvalue weighted by Gasteiger charge is 2.28. The molecule has 1 heterocycles. The molecule has 1 aromatic carbocycles. The molecular weight excluding hydrogens is 366 g/mol. The van der Waals surface area contributed by atoms with E-state index < -0.39 is 5.60 Å². The Hall–Kier alpha value is -2.96. The number of hydrogen-bond acceptors (Lipinski definition) is 6. The Bertz CT molecular complexity index is 897. The van der Waals surface area contributed by atoms with Crippen molar-refractivity contribution in [3.63, 3.8) is 0 Å². The molecule has 7 nitrogen and oxygen atoms in total. The molecule has 2 aromatic rings. The first-order chi connectivity index (χ1) is 13.8. The molecule has 0 bridgehead atoms. The molecule has 7 heteroatoms. The van der Waals surface area contributed by atoms with Gasteiger partial charge >= 0.3 is 6.09 Å². The zero-order valence-corrected chi connectivity index (χ0v) is 17.2. The summed E-state index contributed by atoms with van der Waals surface area (Å²) in [6, 6.07) is 8.08. The molecule has 1 fully saturated rings. The van der Waals surface area contributed by atoms with Crippen molar-refractivity contribution in [3.05, 3.63) is 42.4 Å². The fourth-order valence-electron chi connectivity index (χ4n) is 3.29. The lowest BCUT2D eigenvalue weighted by atomic mass is 9.78. The van der Waals surface area contributed by atoms with Crippen LogP contribution >= 0.6 is 0 Å². The van der Waals surface area contributed by atoms with E-state index in [2.05, 4.69) is 20.6 Å². The third-order valence-electron chi connectivity index (χ3n) is 4.83. The normalized spacial score (nSPS) is 19.3. The van der Waals surface area contributed by atoms with E-state index in [0.29, 0.717) is 29.8 Å². The van der Waals surface area contributed by atoms with E-state index >= 15 is 0 Å². The predicted molar refractivity (Wildman–Crippen MR) is 115 cm³/mol. The second kappa shape index (κ2) is 9.03. The van der Waals surface area contributed by atoms with Gasteiger partial charge in [0, 0.05) is 30.6 Å². The van der Waals surface area contributed by atoms with Gasteiger partial charge in [-0.2, -0.15) is 0 Å². The van der Waals surface area contributed by atoms with Crippen LogP contribution in [0.25, 0.3) is 16.6 Å². The van der Waals surface area contributed by atoms with Crippen molar-refractivity contribution in [1.82, 2.24) is 20.6 Å². The van der Waals surface area contributed by atoms with Crippen molar-refractivity contribution < 1.29 is 9.53 Å². The Balaban J connectivity index is 1.43. The zero-order valence-electron chi connectivity index (χ0n) is 17.2. The number of nitrogens with one attached hydrogen (secondary N) is 3. The van der Waals surface area contributed by atoms with Crippen molar-refractivity contribution in [2.45, 2.75) is 51.7 Å². The first kappa shape index (κ1) is 20.8. The summed E-state index contributed by atoms with van der Waals surface area (Å²) in [5.41, 5.74) is 2.58. The lowest BCUT2D eigenvalue weighted by molar-refractivity contribution is 0.0521. The number of amides is 1. The minimum atomic E-state index is -0.468. The summed E-state index contributed by atoms with van der Waals surface area (Å²) in [7, 11) is 0. The Morgan fingerprint density at radius 3 is 2.69 bits per heavy atom. The number of alkyl carbamates (subject to hydrolysis) is 1. The van der Waals surface area contributed by atoms with Crippen molar-refractivity contribution in [2.75, 3.05) is 6.54 Å². The van der Waals surface area contributed by atoms with Crippen molar-refractivity contribution in [1.29, 1.82) is 5.41 Å². The van der Waals surface area contributed by atoms with Crippen LogP contribution in [-0.4, -0.2) is 40.5 Å². The summed E-state index contributed by atoms with van der Waals surface area (Å²) in [5, 5.41) is 13.9. The fourth-order valence-corrected chi connectivity index (χ4v) is 3.29. The van der Waals surface area contributed by atoms with Gasteiger partial charge in [-0.15, -0.1) is 0 Å². The van der Waals surface area contributed by atoms with Gasteiger partial charge in [0.05, 0.1) is 22.9 Å². The topological polar surface area (TPSA) is 100.0 Å². The van der Waals surface area contributed by atoms with Crippen molar-refractivity contribution in [3.8, 4) is 0 Å². The summed E-state index contributed by atoms with van der Waals surface area (Å²) in [4.78, 5) is 20.7. The third kappa shape index (κ3) is 6.01. The van der Waals surface area contributed by atoms with Gasteiger partial charge in [0.15, 0.2) is 0 Å². The molecule has 0 spiro atoms. The van der Waals surface area contributed by atoms with Gasteiger partial charge in [-0.05, 0) is 58.1 Å². The van der Waals surface area contributed by atoms with Gasteiger partial charge in [0.25, 0.3) is 0 Å².